The number of fused-ring (bicyclic) bond motifs is 5. The molecule has 0 N–H and O–H groups in total. The normalized spacial score (nSPS) is 11.8. The molecule has 0 saturated carbocycles. The Labute approximate surface area is 158 Å². The van der Waals surface area contributed by atoms with Crippen LogP contribution in [0.3, 0.4) is 0 Å². The van der Waals surface area contributed by atoms with E-state index < -0.39 is 0 Å². The van der Waals surface area contributed by atoms with Crippen LogP contribution in [0.5, 0.6) is 0 Å². The number of hydrogen-bond acceptors (Lipinski definition) is 3. The van der Waals surface area contributed by atoms with Gasteiger partial charge in [0.05, 0.1) is 35.3 Å². The van der Waals surface area contributed by atoms with Gasteiger partial charge in [0.1, 0.15) is 4.60 Å². The molecule has 0 fully saturated rings. The van der Waals surface area contributed by atoms with Crippen LogP contribution in [-0.4, -0.2) is 19.1 Å². The van der Waals surface area contributed by atoms with Gasteiger partial charge in [-0.2, -0.15) is 5.26 Å². The van der Waals surface area contributed by atoms with Crippen LogP contribution >= 0.6 is 15.9 Å². The molecule has 4 heterocycles. The molecule has 0 saturated heterocycles. The Hall–Kier alpha value is -3.17. The fraction of sp³-hybridized carbons (Fsp3) is 0.0500. The first kappa shape index (κ1) is 15.1. The van der Waals surface area contributed by atoms with Crippen molar-refractivity contribution in [2.75, 3.05) is 0 Å². The Morgan fingerprint density at radius 1 is 1.08 bits per heavy atom. The Bertz CT molecular complexity index is 1180. The number of rotatable bonds is 1. The molecule has 0 aliphatic carbocycles. The van der Waals surface area contributed by atoms with Gasteiger partial charge in [-0.05, 0) is 51.8 Å². The highest BCUT2D eigenvalue weighted by atomic mass is 79.9. The van der Waals surface area contributed by atoms with Crippen molar-refractivity contribution < 1.29 is 0 Å². The summed E-state index contributed by atoms with van der Waals surface area (Å²) in [4.78, 5) is 9.24. The van der Waals surface area contributed by atoms with Gasteiger partial charge in [0.2, 0.25) is 0 Å². The molecule has 124 valence electrons. The number of halogens is 1. The van der Waals surface area contributed by atoms with Gasteiger partial charge in [-0.1, -0.05) is 12.1 Å². The van der Waals surface area contributed by atoms with E-state index in [1.54, 1.807) is 0 Å². The molecule has 1 aliphatic heterocycles. The zero-order chi connectivity index (χ0) is 17.7. The van der Waals surface area contributed by atoms with Gasteiger partial charge in [0.15, 0.2) is 5.82 Å². The third kappa shape index (κ3) is 2.29. The van der Waals surface area contributed by atoms with Gasteiger partial charge < -0.3 is 4.57 Å². The predicted octanol–water partition coefficient (Wildman–Crippen LogP) is 4.40. The van der Waals surface area contributed by atoms with Crippen molar-refractivity contribution in [3.8, 4) is 34.4 Å². The Morgan fingerprint density at radius 2 is 1.92 bits per heavy atom. The molecule has 0 radical (unpaired) electrons. The van der Waals surface area contributed by atoms with Gasteiger partial charge in [-0.25, -0.2) is 9.97 Å². The van der Waals surface area contributed by atoms with E-state index in [4.69, 9.17) is 5.26 Å². The lowest BCUT2D eigenvalue weighted by molar-refractivity contribution is 0.790. The average molecular weight is 402 g/mol. The molecule has 0 amide bonds. The lowest BCUT2D eigenvalue weighted by Crippen LogP contribution is -2.02. The number of nitrogens with zero attached hydrogens (tertiary/aromatic N) is 5. The molecule has 26 heavy (non-hydrogen) atoms. The van der Waals surface area contributed by atoms with E-state index in [0.717, 1.165) is 38.6 Å². The van der Waals surface area contributed by atoms with Crippen molar-refractivity contribution >= 4 is 15.9 Å². The second-order valence-corrected chi connectivity index (χ2v) is 6.96. The molecule has 1 aromatic carbocycles. The fourth-order valence-electron chi connectivity index (χ4n) is 3.38. The molecule has 5 nitrogen and oxygen atoms in total. The summed E-state index contributed by atoms with van der Waals surface area (Å²) < 4.78 is 5.08. The number of benzene rings is 1. The summed E-state index contributed by atoms with van der Waals surface area (Å²) in [5, 5.41) is 8.99. The maximum Gasteiger partial charge on any atom is 0.161 e. The minimum atomic E-state index is 0.660. The van der Waals surface area contributed by atoms with Crippen LogP contribution in [-0.2, 0) is 6.54 Å². The van der Waals surface area contributed by atoms with E-state index in [0.29, 0.717) is 12.1 Å². The standard InChI is InChI=1S/C20H12BrN5/c21-19-6-5-17-16(24-19)12-25-11-15(14-3-1-13(10-22)2-4-14)9-18(25)20-23-7-8-26(17)20/h1-9,11H,12H2. The van der Waals surface area contributed by atoms with Crippen LogP contribution in [0.1, 0.15) is 11.3 Å². The fourth-order valence-corrected chi connectivity index (χ4v) is 3.72. The highest BCUT2D eigenvalue weighted by Crippen LogP contribution is 2.33. The summed E-state index contributed by atoms with van der Waals surface area (Å²) in [7, 11) is 0. The van der Waals surface area contributed by atoms with Crippen LogP contribution in [0.4, 0.5) is 0 Å². The third-order valence-corrected chi connectivity index (χ3v) is 5.05. The lowest BCUT2D eigenvalue weighted by Gasteiger charge is -2.08. The predicted molar refractivity (Wildman–Crippen MR) is 102 cm³/mol. The maximum atomic E-state index is 8.99. The molecule has 0 unspecified atom stereocenters. The van der Waals surface area contributed by atoms with Gasteiger partial charge in [-0.3, -0.25) is 4.57 Å². The summed E-state index contributed by atoms with van der Waals surface area (Å²) in [5.41, 5.74) is 5.91. The molecule has 0 atom stereocenters. The number of imidazole rings is 1. The SMILES string of the molecule is N#Cc1ccc(-c2cc3n(c2)Cc2nc(Br)ccc2-n2ccnc2-3)cc1. The molecular weight excluding hydrogens is 390 g/mol. The zero-order valence-electron chi connectivity index (χ0n) is 13.6. The van der Waals surface area contributed by atoms with Crippen LogP contribution in [0.15, 0.2) is 65.7 Å². The monoisotopic (exact) mass is 401 g/mol. The topological polar surface area (TPSA) is 59.4 Å². The second kappa shape index (κ2) is 5.68. The number of nitriles is 1. The molecule has 6 heteroatoms. The lowest BCUT2D eigenvalue weighted by atomic mass is 10.1. The van der Waals surface area contributed by atoms with Crippen molar-refractivity contribution in [2.24, 2.45) is 0 Å². The minimum absolute atomic E-state index is 0.660. The Morgan fingerprint density at radius 3 is 2.73 bits per heavy atom. The van der Waals surface area contributed by atoms with Crippen molar-refractivity contribution in [1.82, 2.24) is 19.1 Å². The molecular formula is C20H12BrN5. The molecule has 1 aliphatic rings. The van der Waals surface area contributed by atoms with Crippen molar-refractivity contribution in [1.29, 1.82) is 5.26 Å². The zero-order valence-corrected chi connectivity index (χ0v) is 15.2. The molecule has 5 rings (SSSR count). The second-order valence-electron chi connectivity index (χ2n) is 6.15. The van der Waals surface area contributed by atoms with Gasteiger partial charge in [0, 0.05) is 24.2 Å². The van der Waals surface area contributed by atoms with Crippen LogP contribution in [0.25, 0.3) is 28.3 Å². The highest BCUT2D eigenvalue weighted by molar-refractivity contribution is 9.10. The summed E-state index contributed by atoms with van der Waals surface area (Å²) in [6.07, 6.45) is 5.90. The summed E-state index contributed by atoms with van der Waals surface area (Å²) >= 11 is 3.47. The van der Waals surface area contributed by atoms with Gasteiger partial charge in [-0.15, -0.1) is 0 Å². The van der Waals surface area contributed by atoms with E-state index in [2.05, 4.69) is 59.4 Å². The van der Waals surface area contributed by atoms with E-state index in [9.17, 15) is 0 Å². The van der Waals surface area contributed by atoms with Crippen LogP contribution in [0, 0.1) is 11.3 Å². The van der Waals surface area contributed by atoms with E-state index in [1.807, 2.05) is 42.7 Å². The summed E-state index contributed by atoms with van der Waals surface area (Å²) in [6.45, 7) is 0.670. The molecule has 3 aromatic heterocycles. The minimum Gasteiger partial charge on any atom is -0.338 e. The van der Waals surface area contributed by atoms with Crippen molar-refractivity contribution in [3.05, 3.63) is 76.9 Å². The first-order valence-corrected chi connectivity index (χ1v) is 8.92. The van der Waals surface area contributed by atoms with Gasteiger partial charge in [0.25, 0.3) is 0 Å². The summed E-state index contributed by atoms with van der Waals surface area (Å²) in [6, 6.07) is 15.9. The van der Waals surface area contributed by atoms with Crippen molar-refractivity contribution in [3.63, 3.8) is 0 Å². The van der Waals surface area contributed by atoms with Crippen LogP contribution < -0.4 is 0 Å². The van der Waals surface area contributed by atoms with E-state index in [-0.39, 0.29) is 0 Å². The number of hydrogen-bond donors (Lipinski definition) is 0. The summed E-state index contributed by atoms with van der Waals surface area (Å²) in [5.74, 6) is 0.896. The van der Waals surface area contributed by atoms with Gasteiger partial charge >= 0.3 is 0 Å². The Kier molecular flexibility index (Phi) is 3.30. The number of aromatic nitrogens is 4. The quantitative estimate of drug-likeness (QED) is 0.391. The Balaban J connectivity index is 1.68. The largest absolute Gasteiger partial charge is 0.338 e. The molecule has 0 bridgehead atoms. The number of pyridine rings is 1. The van der Waals surface area contributed by atoms with Crippen LogP contribution in [0.2, 0.25) is 0 Å². The van der Waals surface area contributed by atoms with Crippen molar-refractivity contribution in [2.45, 2.75) is 6.54 Å². The van der Waals surface area contributed by atoms with E-state index in [1.165, 1.54) is 0 Å². The first-order chi connectivity index (χ1) is 12.7. The third-order valence-electron chi connectivity index (χ3n) is 4.61. The van der Waals surface area contributed by atoms with E-state index >= 15 is 0 Å². The molecule has 0 spiro atoms. The smallest absolute Gasteiger partial charge is 0.161 e. The first-order valence-electron chi connectivity index (χ1n) is 8.13. The average Bonchev–Trinajstić information content (AvgIpc) is 3.27. The molecule has 4 aromatic rings. The highest BCUT2D eigenvalue weighted by Gasteiger charge is 2.22. The maximum absolute atomic E-state index is 8.99.